The van der Waals surface area contributed by atoms with E-state index in [4.69, 9.17) is 11.6 Å². The molecule has 0 N–H and O–H groups in total. The first-order valence-corrected chi connectivity index (χ1v) is 11.9. The molecule has 3 aromatic rings. The minimum absolute atomic E-state index is 0.00692. The van der Waals surface area contributed by atoms with Gasteiger partial charge < -0.3 is 4.90 Å². The van der Waals surface area contributed by atoms with Crippen molar-refractivity contribution >= 4 is 50.0 Å². The van der Waals surface area contributed by atoms with Gasteiger partial charge in [0.05, 0.1) is 21.1 Å². The third-order valence-electron chi connectivity index (χ3n) is 6.11. The summed E-state index contributed by atoms with van der Waals surface area (Å²) in [6.07, 6.45) is 2.44. The van der Waals surface area contributed by atoms with E-state index >= 15 is 0 Å². The summed E-state index contributed by atoms with van der Waals surface area (Å²) in [4.78, 5) is 32.1. The van der Waals surface area contributed by atoms with Crippen LogP contribution in [0, 0.1) is 0 Å². The number of amides is 3. The number of aromatic nitrogens is 1. The molecular formula is C22H15ClF3N3O4S. The lowest BCUT2D eigenvalue weighted by Crippen LogP contribution is -2.36. The molecule has 1 saturated carbocycles. The molecule has 176 valence electrons. The summed E-state index contributed by atoms with van der Waals surface area (Å²) in [5.74, 6) is -0.500. The van der Waals surface area contributed by atoms with Crippen molar-refractivity contribution in [2.75, 3.05) is 4.90 Å². The molecule has 1 aliphatic heterocycles. The fourth-order valence-electron chi connectivity index (χ4n) is 4.18. The summed E-state index contributed by atoms with van der Waals surface area (Å²) in [6, 6.07) is 9.86. The van der Waals surface area contributed by atoms with Crippen LogP contribution in [0.25, 0.3) is 10.9 Å². The molecule has 3 amide bonds. The molecule has 5 rings (SSSR count). The molecule has 2 aromatic carbocycles. The van der Waals surface area contributed by atoms with Gasteiger partial charge in [-0.2, -0.15) is 13.2 Å². The fraction of sp³-hybridized carbons (Fsp3) is 0.227. The number of benzene rings is 2. The number of sulfone groups is 1. The number of rotatable bonds is 4. The molecule has 1 aromatic heterocycles. The maximum Gasteiger partial charge on any atom is 0.501 e. The highest BCUT2D eigenvalue weighted by molar-refractivity contribution is 7.92. The normalized spacial score (nSPS) is 17.8. The number of alkyl halides is 3. The maximum atomic E-state index is 13.3. The van der Waals surface area contributed by atoms with Crippen LogP contribution in [0.3, 0.4) is 0 Å². The van der Waals surface area contributed by atoms with Gasteiger partial charge >= 0.3 is 11.5 Å². The van der Waals surface area contributed by atoms with Crippen molar-refractivity contribution in [3.05, 3.63) is 65.3 Å². The van der Waals surface area contributed by atoms with Crippen LogP contribution in [0.4, 0.5) is 23.7 Å². The summed E-state index contributed by atoms with van der Waals surface area (Å²) in [5, 5.41) is 1.17. The molecule has 0 atom stereocenters. The number of fused-ring (bicyclic) bond motifs is 1. The Morgan fingerprint density at radius 2 is 1.71 bits per heavy atom. The molecule has 1 aliphatic carbocycles. The Kier molecular flexibility index (Phi) is 4.93. The van der Waals surface area contributed by atoms with E-state index in [0.29, 0.717) is 23.4 Å². The number of imide groups is 1. The van der Waals surface area contributed by atoms with Crippen molar-refractivity contribution in [1.82, 2.24) is 9.88 Å². The molecular weight excluding hydrogens is 495 g/mol. The lowest BCUT2D eigenvalue weighted by Gasteiger charge is -2.22. The Morgan fingerprint density at radius 1 is 1.03 bits per heavy atom. The molecule has 2 fully saturated rings. The fourth-order valence-corrected chi connectivity index (χ4v) is 5.16. The van der Waals surface area contributed by atoms with Crippen LogP contribution in [0.15, 0.2) is 59.6 Å². The number of nitrogens with zero attached hydrogens (tertiary/aromatic N) is 3. The molecule has 7 nitrogen and oxygen atoms in total. The predicted octanol–water partition coefficient (Wildman–Crippen LogP) is 4.68. The molecule has 0 bridgehead atoms. The topological polar surface area (TPSA) is 87.7 Å². The molecule has 2 aliphatic rings. The molecule has 0 unspecified atom stereocenters. The molecule has 34 heavy (non-hydrogen) atoms. The monoisotopic (exact) mass is 509 g/mol. The zero-order chi connectivity index (χ0) is 24.5. The standard InChI is InChI=1S/C22H15ClF3N3O4S/c23-17-3-1-2-16-13(8-11-27-18(16)17)12-28-20(31)29(19(30)21(28)9-10-21)14-4-6-15(7-5-14)34(32,33)22(24,25)26/h1-8,11H,9-10,12H2. The Hall–Kier alpha value is -3.18. The van der Waals surface area contributed by atoms with Crippen molar-refractivity contribution in [1.29, 1.82) is 0 Å². The summed E-state index contributed by atoms with van der Waals surface area (Å²) in [7, 11) is -5.55. The zero-order valence-electron chi connectivity index (χ0n) is 17.2. The molecule has 2 heterocycles. The van der Waals surface area contributed by atoms with Gasteiger partial charge in [-0.3, -0.25) is 9.78 Å². The van der Waals surface area contributed by atoms with Crippen LogP contribution in [-0.4, -0.2) is 41.3 Å². The van der Waals surface area contributed by atoms with Gasteiger partial charge in [-0.15, -0.1) is 0 Å². The van der Waals surface area contributed by atoms with Gasteiger partial charge in [0, 0.05) is 18.1 Å². The largest absolute Gasteiger partial charge is 0.501 e. The second kappa shape index (κ2) is 7.41. The molecule has 0 radical (unpaired) electrons. The first kappa shape index (κ1) is 22.6. The highest BCUT2D eigenvalue weighted by atomic mass is 35.5. The van der Waals surface area contributed by atoms with Gasteiger partial charge in [0.15, 0.2) is 0 Å². The number of para-hydroxylation sites is 1. The number of anilines is 1. The number of hydrogen-bond donors (Lipinski definition) is 0. The first-order valence-electron chi connectivity index (χ1n) is 10.1. The highest BCUT2D eigenvalue weighted by Crippen LogP contribution is 2.50. The number of pyridine rings is 1. The lowest BCUT2D eigenvalue weighted by molar-refractivity contribution is -0.120. The Bertz CT molecular complexity index is 1450. The van der Waals surface area contributed by atoms with Crippen LogP contribution in [0.1, 0.15) is 18.4 Å². The third kappa shape index (κ3) is 3.25. The molecule has 1 saturated heterocycles. The minimum Gasteiger partial charge on any atom is -0.305 e. The average molecular weight is 510 g/mol. The van der Waals surface area contributed by atoms with Crippen LogP contribution >= 0.6 is 11.6 Å². The van der Waals surface area contributed by atoms with E-state index < -0.39 is 37.7 Å². The van der Waals surface area contributed by atoms with Gasteiger partial charge in [-0.1, -0.05) is 23.7 Å². The average Bonchev–Trinajstić information content (AvgIpc) is 3.56. The zero-order valence-corrected chi connectivity index (χ0v) is 18.8. The van der Waals surface area contributed by atoms with Gasteiger partial charge in [0.1, 0.15) is 5.54 Å². The van der Waals surface area contributed by atoms with Crippen LogP contribution in [0.5, 0.6) is 0 Å². The van der Waals surface area contributed by atoms with E-state index in [1.165, 1.54) is 4.90 Å². The van der Waals surface area contributed by atoms with E-state index in [-0.39, 0.29) is 12.2 Å². The van der Waals surface area contributed by atoms with Crippen LogP contribution < -0.4 is 4.90 Å². The van der Waals surface area contributed by atoms with Gasteiger partial charge in [0.25, 0.3) is 15.7 Å². The van der Waals surface area contributed by atoms with Gasteiger partial charge in [-0.05, 0) is 54.8 Å². The van der Waals surface area contributed by atoms with Crippen LogP contribution in [0.2, 0.25) is 5.02 Å². The first-order chi connectivity index (χ1) is 16.0. The highest BCUT2D eigenvalue weighted by Gasteiger charge is 2.65. The van der Waals surface area contributed by atoms with Crippen molar-refractivity contribution in [2.24, 2.45) is 0 Å². The van der Waals surface area contributed by atoms with E-state index in [2.05, 4.69) is 4.98 Å². The number of hydrogen-bond acceptors (Lipinski definition) is 5. The molecule has 12 heteroatoms. The van der Waals surface area contributed by atoms with E-state index in [1.54, 1.807) is 24.4 Å². The van der Waals surface area contributed by atoms with E-state index in [0.717, 1.165) is 40.1 Å². The second-order valence-corrected chi connectivity index (χ2v) is 10.4. The lowest BCUT2D eigenvalue weighted by atomic mass is 10.1. The number of halogens is 4. The molecule has 1 spiro atoms. The predicted molar refractivity (Wildman–Crippen MR) is 117 cm³/mol. The van der Waals surface area contributed by atoms with Gasteiger partial charge in [-0.25, -0.2) is 18.1 Å². The van der Waals surface area contributed by atoms with Crippen molar-refractivity contribution < 1.29 is 31.2 Å². The van der Waals surface area contributed by atoms with E-state index in [9.17, 15) is 31.2 Å². The maximum absolute atomic E-state index is 13.3. The Balaban J connectivity index is 1.49. The number of carbonyl (C=O) groups excluding carboxylic acids is 2. The summed E-state index contributed by atoms with van der Waals surface area (Å²) < 4.78 is 61.7. The number of urea groups is 1. The quantitative estimate of drug-likeness (QED) is 0.476. The Labute approximate surface area is 196 Å². The van der Waals surface area contributed by atoms with Gasteiger partial charge in [0.2, 0.25) is 0 Å². The SMILES string of the molecule is O=C1N(c2ccc(S(=O)(=O)C(F)(F)F)cc2)C(=O)C2(CC2)N1Cc1ccnc2c(Cl)cccc12. The van der Waals surface area contributed by atoms with Crippen molar-refractivity contribution in [3.63, 3.8) is 0 Å². The second-order valence-electron chi connectivity index (χ2n) is 8.09. The van der Waals surface area contributed by atoms with Crippen LogP contribution in [-0.2, 0) is 21.2 Å². The summed E-state index contributed by atoms with van der Waals surface area (Å²) >= 11 is 6.22. The number of carbonyl (C=O) groups is 2. The third-order valence-corrected chi connectivity index (χ3v) is 7.92. The summed E-state index contributed by atoms with van der Waals surface area (Å²) in [5.41, 5.74) is -5.22. The Morgan fingerprint density at radius 3 is 2.32 bits per heavy atom. The minimum atomic E-state index is -5.55. The van der Waals surface area contributed by atoms with Crippen molar-refractivity contribution in [3.8, 4) is 0 Å². The van der Waals surface area contributed by atoms with Crippen molar-refractivity contribution in [2.45, 2.75) is 35.3 Å². The smallest absolute Gasteiger partial charge is 0.305 e. The van der Waals surface area contributed by atoms with E-state index in [1.807, 2.05) is 6.07 Å². The summed E-state index contributed by atoms with van der Waals surface area (Å²) in [6.45, 7) is 0.0982.